The molecule has 0 radical (unpaired) electrons. The van der Waals surface area contributed by atoms with Gasteiger partial charge in [-0.3, -0.25) is 4.79 Å². The molecule has 1 atom stereocenters. The predicted octanol–water partition coefficient (Wildman–Crippen LogP) is 1.51. The average Bonchev–Trinajstić information content (AvgIpc) is 1.56. The molecule has 2 bridgehead atoms. The second kappa shape index (κ2) is 1.55. The molecule has 0 spiro atoms. The highest BCUT2D eigenvalue weighted by Gasteiger charge is 2.60. The zero-order valence-corrected chi connectivity index (χ0v) is 6.13. The Labute approximate surface area is 60.2 Å². The second-order valence-electron chi connectivity index (χ2n) is 3.90. The molecule has 2 heteroatoms. The van der Waals surface area contributed by atoms with Gasteiger partial charge in [0.1, 0.15) is 0 Å². The highest BCUT2D eigenvalue weighted by atomic mass is 16.4. The zero-order valence-electron chi connectivity index (χ0n) is 6.13. The molecule has 1 N–H and O–H groups in total. The van der Waals surface area contributed by atoms with E-state index < -0.39 is 5.97 Å². The van der Waals surface area contributed by atoms with Crippen molar-refractivity contribution >= 4 is 5.97 Å². The maximum Gasteiger partial charge on any atom is 0.306 e. The van der Waals surface area contributed by atoms with E-state index in [1.165, 1.54) is 19.3 Å². The molecule has 3 saturated carbocycles. The fourth-order valence-electron chi connectivity index (χ4n) is 2.34. The third-order valence-corrected chi connectivity index (χ3v) is 3.37. The van der Waals surface area contributed by atoms with Gasteiger partial charge in [-0.05, 0) is 30.6 Å². The molecule has 0 unspecified atom stereocenters. The largest absolute Gasteiger partial charge is 0.481 e. The summed E-state index contributed by atoms with van der Waals surface area (Å²) in [5.74, 6) is 0.178. The van der Waals surface area contributed by atoms with Crippen molar-refractivity contribution in [3.8, 4) is 0 Å². The molecule has 3 aliphatic carbocycles. The lowest BCUT2D eigenvalue weighted by Gasteiger charge is -2.64. The minimum Gasteiger partial charge on any atom is -0.481 e. The lowest BCUT2D eigenvalue weighted by atomic mass is 9.40. The summed E-state index contributed by atoms with van der Waals surface area (Å²) in [4.78, 5) is 10.6. The third kappa shape index (κ3) is 0.522. The summed E-state index contributed by atoms with van der Waals surface area (Å²) in [5.41, 5.74) is 0.247. The van der Waals surface area contributed by atoms with Gasteiger partial charge >= 0.3 is 5.97 Å². The van der Waals surface area contributed by atoms with E-state index in [1.54, 1.807) is 0 Å². The predicted molar refractivity (Wildman–Crippen MR) is 36.6 cm³/mol. The second-order valence-corrected chi connectivity index (χ2v) is 3.90. The van der Waals surface area contributed by atoms with Crippen LogP contribution in [0, 0.1) is 17.3 Å². The number of carbonyl (C=O) groups is 1. The first-order valence-electron chi connectivity index (χ1n) is 3.87. The summed E-state index contributed by atoms with van der Waals surface area (Å²) >= 11 is 0. The quantitative estimate of drug-likeness (QED) is 0.631. The van der Waals surface area contributed by atoms with E-state index in [2.05, 4.69) is 0 Å². The molecule has 3 aliphatic rings. The van der Waals surface area contributed by atoms with Crippen molar-refractivity contribution in [2.75, 3.05) is 0 Å². The molecular formula is C8H12O2. The molecular weight excluding hydrogens is 128 g/mol. The monoisotopic (exact) mass is 140 g/mol. The highest BCUT2D eigenvalue weighted by molar-refractivity contribution is 5.71. The molecule has 0 aromatic rings. The van der Waals surface area contributed by atoms with Crippen LogP contribution < -0.4 is 0 Å². The van der Waals surface area contributed by atoms with Crippen molar-refractivity contribution in [1.82, 2.24) is 0 Å². The van der Waals surface area contributed by atoms with Crippen LogP contribution in [0.15, 0.2) is 0 Å². The topological polar surface area (TPSA) is 37.3 Å². The number of carboxylic acids is 1. The summed E-state index contributed by atoms with van der Waals surface area (Å²) in [6.45, 7) is 1.84. The lowest BCUT2D eigenvalue weighted by Crippen LogP contribution is -2.57. The van der Waals surface area contributed by atoms with E-state index in [4.69, 9.17) is 5.11 Å². The highest BCUT2D eigenvalue weighted by Crippen LogP contribution is 2.68. The van der Waals surface area contributed by atoms with E-state index in [0.717, 1.165) is 5.92 Å². The summed E-state index contributed by atoms with van der Waals surface area (Å²) in [7, 11) is 0. The van der Waals surface area contributed by atoms with Gasteiger partial charge in [-0.1, -0.05) is 6.92 Å². The number of hydrogen-bond acceptors (Lipinski definition) is 1. The van der Waals surface area contributed by atoms with Crippen molar-refractivity contribution in [1.29, 1.82) is 0 Å². The van der Waals surface area contributed by atoms with Gasteiger partial charge in [0.15, 0.2) is 0 Å². The van der Waals surface area contributed by atoms with Gasteiger partial charge in [-0.15, -0.1) is 0 Å². The van der Waals surface area contributed by atoms with Crippen LogP contribution in [0.1, 0.15) is 26.2 Å². The first kappa shape index (κ1) is 6.20. The summed E-state index contributed by atoms with van der Waals surface area (Å²) in [5, 5.41) is 8.71. The molecule has 56 valence electrons. The molecule has 0 aromatic heterocycles. The van der Waals surface area contributed by atoms with E-state index in [0.29, 0.717) is 0 Å². The van der Waals surface area contributed by atoms with E-state index >= 15 is 0 Å². The summed E-state index contributed by atoms with van der Waals surface area (Å²) in [6, 6.07) is 0. The zero-order chi connectivity index (χ0) is 7.35. The van der Waals surface area contributed by atoms with Crippen molar-refractivity contribution < 1.29 is 9.90 Å². The molecule has 0 amide bonds. The van der Waals surface area contributed by atoms with E-state index in [9.17, 15) is 4.79 Å². The first-order valence-corrected chi connectivity index (χ1v) is 3.87. The first-order chi connectivity index (χ1) is 4.64. The Morgan fingerprint density at radius 2 is 2.10 bits per heavy atom. The van der Waals surface area contributed by atoms with Gasteiger partial charge in [-0.25, -0.2) is 0 Å². The van der Waals surface area contributed by atoms with Crippen LogP contribution in [-0.2, 0) is 4.79 Å². The van der Waals surface area contributed by atoms with Gasteiger partial charge in [-0.2, -0.15) is 0 Å². The minimum absolute atomic E-state index is 0.0995. The smallest absolute Gasteiger partial charge is 0.306 e. The van der Waals surface area contributed by atoms with Gasteiger partial charge in [0.2, 0.25) is 0 Å². The molecule has 3 rings (SSSR count). The van der Waals surface area contributed by atoms with Crippen molar-refractivity contribution in [2.24, 2.45) is 17.3 Å². The molecule has 0 saturated heterocycles. The molecule has 10 heavy (non-hydrogen) atoms. The third-order valence-electron chi connectivity index (χ3n) is 3.37. The normalized spacial score (nSPS) is 45.1. The number of hydrogen-bond donors (Lipinski definition) is 1. The van der Waals surface area contributed by atoms with Crippen LogP contribution in [0.4, 0.5) is 0 Å². The van der Waals surface area contributed by atoms with Gasteiger partial charge in [0.25, 0.3) is 0 Å². The van der Waals surface area contributed by atoms with E-state index in [-0.39, 0.29) is 11.3 Å². The SMILES string of the molecule is C[C@@H](C(=O)O)C12CC(C1)C2. The Balaban J connectivity index is 2.04. The average molecular weight is 140 g/mol. The lowest BCUT2D eigenvalue weighted by molar-refractivity contribution is -0.178. The Bertz CT molecular complexity index is 169. The Morgan fingerprint density at radius 1 is 1.60 bits per heavy atom. The maximum atomic E-state index is 10.6. The van der Waals surface area contributed by atoms with Crippen LogP contribution in [-0.4, -0.2) is 11.1 Å². The number of rotatable bonds is 2. The van der Waals surface area contributed by atoms with Crippen molar-refractivity contribution in [2.45, 2.75) is 26.2 Å². The Kier molecular flexibility index (Phi) is 0.960. The number of carboxylic acid groups (broad SMARTS) is 1. The van der Waals surface area contributed by atoms with Gasteiger partial charge < -0.3 is 5.11 Å². The van der Waals surface area contributed by atoms with Crippen LogP contribution in [0.25, 0.3) is 0 Å². The Morgan fingerprint density at radius 3 is 2.20 bits per heavy atom. The standard InChI is InChI=1S/C8H12O2/c1-5(7(9)10)8-2-6(3-8)4-8/h5-6H,2-4H2,1H3,(H,9,10)/t5-,6?,8?/m0/s1. The van der Waals surface area contributed by atoms with Crippen molar-refractivity contribution in [3.63, 3.8) is 0 Å². The molecule has 0 heterocycles. The number of aliphatic carboxylic acids is 1. The molecule has 2 nitrogen and oxygen atoms in total. The fourth-order valence-corrected chi connectivity index (χ4v) is 2.34. The molecule has 0 aliphatic heterocycles. The van der Waals surface area contributed by atoms with Crippen LogP contribution >= 0.6 is 0 Å². The van der Waals surface area contributed by atoms with Gasteiger partial charge in [0, 0.05) is 0 Å². The fraction of sp³-hybridized carbons (Fsp3) is 0.875. The van der Waals surface area contributed by atoms with Crippen LogP contribution in [0.3, 0.4) is 0 Å². The molecule has 3 fully saturated rings. The van der Waals surface area contributed by atoms with Crippen LogP contribution in [0.5, 0.6) is 0 Å². The molecule has 0 aromatic carbocycles. The maximum absolute atomic E-state index is 10.6. The summed E-state index contributed by atoms with van der Waals surface area (Å²) in [6.07, 6.45) is 3.54. The van der Waals surface area contributed by atoms with Crippen molar-refractivity contribution in [3.05, 3.63) is 0 Å². The van der Waals surface area contributed by atoms with Crippen LogP contribution in [0.2, 0.25) is 0 Å². The van der Waals surface area contributed by atoms with Gasteiger partial charge in [0.05, 0.1) is 5.92 Å². The minimum atomic E-state index is -0.613. The summed E-state index contributed by atoms with van der Waals surface area (Å²) < 4.78 is 0. The Hall–Kier alpha value is -0.530. The van der Waals surface area contributed by atoms with E-state index in [1.807, 2.05) is 6.92 Å².